The van der Waals surface area contributed by atoms with Gasteiger partial charge in [0, 0.05) is 11.9 Å². The Kier molecular flexibility index (Phi) is 6.02. The Balaban J connectivity index is 2.12. The largest absolute Gasteiger partial charge is 0.304 e. The predicted molar refractivity (Wildman–Crippen MR) is 65.0 cm³/mol. The van der Waals surface area contributed by atoms with Crippen molar-refractivity contribution in [3.05, 3.63) is 30.1 Å². The average molecular weight is 206 g/mol. The van der Waals surface area contributed by atoms with Crippen LogP contribution in [0.5, 0.6) is 0 Å². The van der Waals surface area contributed by atoms with Gasteiger partial charge in [0.1, 0.15) is 0 Å². The highest BCUT2D eigenvalue weighted by Gasteiger charge is 1.98. The molecule has 1 heterocycles. The van der Waals surface area contributed by atoms with Gasteiger partial charge in [0.15, 0.2) is 0 Å². The zero-order chi connectivity index (χ0) is 10.9. The van der Waals surface area contributed by atoms with Crippen molar-refractivity contribution in [1.29, 1.82) is 0 Å². The summed E-state index contributed by atoms with van der Waals surface area (Å²) < 4.78 is 0. The van der Waals surface area contributed by atoms with E-state index in [1.54, 1.807) is 0 Å². The molecule has 1 aromatic heterocycles. The molecule has 0 fully saturated rings. The number of nitrogens with zero attached hydrogens (tertiary/aromatic N) is 2. The fourth-order valence-corrected chi connectivity index (χ4v) is 1.73. The van der Waals surface area contributed by atoms with Crippen LogP contribution in [0, 0.1) is 0 Å². The van der Waals surface area contributed by atoms with E-state index in [4.69, 9.17) is 0 Å². The van der Waals surface area contributed by atoms with Crippen LogP contribution in [0.15, 0.2) is 24.4 Å². The summed E-state index contributed by atoms with van der Waals surface area (Å²) in [5.41, 5.74) is 1.22. The van der Waals surface area contributed by atoms with Crippen LogP contribution in [0.2, 0.25) is 0 Å². The van der Waals surface area contributed by atoms with Crippen molar-refractivity contribution in [2.45, 2.75) is 33.1 Å². The highest BCUT2D eigenvalue weighted by Crippen LogP contribution is 2.02. The Morgan fingerprint density at radius 3 is 2.53 bits per heavy atom. The van der Waals surface area contributed by atoms with Gasteiger partial charge in [0.25, 0.3) is 0 Å². The Labute approximate surface area is 93.3 Å². The molecule has 84 valence electrons. The van der Waals surface area contributed by atoms with Crippen LogP contribution in [0.4, 0.5) is 0 Å². The third kappa shape index (κ3) is 4.93. The third-order valence-corrected chi connectivity index (χ3v) is 2.78. The molecule has 0 unspecified atom stereocenters. The van der Waals surface area contributed by atoms with E-state index in [1.165, 1.54) is 38.2 Å². The van der Waals surface area contributed by atoms with E-state index < -0.39 is 0 Å². The second-order valence-corrected chi connectivity index (χ2v) is 3.81. The fraction of sp³-hybridized carbons (Fsp3) is 0.615. The number of hydrogen-bond acceptors (Lipinski definition) is 2. The van der Waals surface area contributed by atoms with Crippen molar-refractivity contribution in [2.24, 2.45) is 0 Å². The first-order valence-electron chi connectivity index (χ1n) is 5.99. The maximum Gasteiger partial charge on any atom is 0.0403 e. The van der Waals surface area contributed by atoms with Crippen molar-refractivity contribution in [3.8, 4) is 0 Å². The molecule has 0 aliphatic rings. The van der Waals surface area contributed by atoms with E-state index in [0.717, 1.165) is 6.42 Å². The molecule has 2 heteroatoms. The Morgan fingerprint density at radius 2 is 1.93 bits per heavy atom. The average Bonchev–Trinajstić information content (AvgIpc) is 2.31. The second kappa shape index (κ2) is 7.41. The molecule has 0 bridgehead atoms. The molecule has 0 saturated heterocycles. The van der Waals surface area contributed by atoms with Crippen LogP contribution in [-0.2, 0) is 6.42 Å². The van der Waals surface area contributed by atoms with Crippen LogP contribution >= 0.6 is 0 Å². The summed E-state index contributed by atoms with van der Waals surface area (Å²) in [4.78, 5) is 6.79. The molecular weight excluding hydrogens is 184 g/mol. The van der Waals surface area contributed by atoms with Gasteiger partial charge in [-0.3, -0.25) is 4.98 Å². The van der Waals surface area contributed by atoms with Crippen molar-refractivity contribution in [3.63, 3.8) is 0 Å². The molecular formula is C13H22N2. The molecule has 2 nitrogen and oxygen atoms in total. The van der Waals surface area contributed by atoms with Gasteiger partial charge in [0.05, 0.1) is 0 Å². The number of hydrogen-bond donors (Lipinski definition) is 0. The number of rotatable bonds is 7. The molecule has 15 heavy (non-hydrogen) atoms. The summed E-state index contributed by atoms with van der Waals surface area (Å²) in [6, 6.07) is 6.14. The summed E-state index contributed by atoms with van der Waals surface area (Å²) in [6.07, 6.45) is 5.51. The minimum Gasteiger partial charge on any atom is -0.304 e. The van der Waals surface area contributed by atoms with Crippen molar-refractivity contribution < 1.29 is 0 Å². The fourth-order valence-electron chi connectivity index (χ4n) is 1.73. The maximum absolute atomic E-state index is 4.32. The molecule has 0 spiro atoms. The smallest absolute Gasteiger partial charge is 0.0403 e. The standard InChI is InChI=1S/C13H22N2/c1-3-15(4-2)12-8-6-10-13-9-5-7-11-14-13/h5,7,9,11H,3-4,6,8,10,12H2,1-2H3. The van der Waals surface area contributed by atoms with Gasteiger partial charge in [-0.25, -0.2) is 0 Å². The molecule has 1 rings (SSSR count). The van der Waals surface area contributed by atoms with Crippen LogP contribution in [-0.4, -0.2) is 29.5 Å². The quantitative estimate of drug-likeness (QED) is 0.638. The van der Waals surface area contributed by atoms with Crippen LogP contribution in [0.1, 0.15) is 32.4 Å². The van der Waals surface area contributed by atoms with Gasteiger partial charge < -0.3 is 4.90 Å². The van der Waals surface area contributed by atoms with Gasteiger partial charge >= 0.3 is 0 Å². The first-order valence-corrected chi connectivity index (χ1v) is 5.99. The van der Waals surface area contributed by atoms with Crippen LogP contribution < -0.4 is 0 Å². The molecule has 0 aromatic carbocycles. The summed E-state index contributed by atoms with van der Waals surface area (Å²) in [5, 5.41) is 0. The predicted octanol–water partition coefficient (Wildman–Crippen LogP) is 2.75. The zero-order valence-electron chi connectivity index (χ0n) is 9.95. The van der Waals surface area contributed by atoms with Gasteiger partial charge in [-0.1, -0.05) is 19.9 Å². The minimum atomic E-state index is 1.11. The molecule has 0 radical (unpaired) electrons. The zero-order valence-corrected chi connectivity index (χ0v) is 9.95. The van der Waals surface area contributed by atoms with Gasteiger partial charge in [0.2, 0.25) is 0 Å². The minimum absolute atomic E-state index is 1.11. The third-order valence-electron chi connectivity index (χ3n) is 2.78. The van der Waals surface area contributed by atoms with Crippen LogP contribution in [0.25, 0.3) is 0 Å². The Morgan fingerprint density at radius 1 is 1.13 bits per heavy atom. The molecule has 0 amide bonds. The van der Waals surface area contributed by atoms with Gasteiger partial charge in [-0.05, 0) is 51.0 Å². The van der Waals surface area contributed by atoms with Gasteiger partial charge in [-0.15, -0.1) is 0 Å². The van der Waals surface area contributed by atoms with Crippen LogP contribution in [0.3, 0.4) is 0 Å². The van der Waals surface area contributed by atoms with E-state index in [1.807, 2.05) is 12.3 Å². The van der Waals surface area contributed by atoms with Crippen molar-refractivity contribution in [2.75, 3.05) is 19.6 Å². The maximum atomic E-state index is 4.32. The summed E-state index contributed by atoms with van der Waals surface area (Å²) in [5.74, 6) is 0. The van der Waals surface area contributed by atoms with E-state index in [-0.39, 0.29) is 0 Å². The molecule has 1 aromatic rings. The molecule has 0 aliphatic heterocycles. The molecule has 0 atom stereocenters. The van der Waals surface area contributed by atoms with E-state index in [0.29, 0.717) is 0 Å². The highest BCUT2D eigenvalue weighted by atomic mass is 15.1. The Hall–Kier alpha value is -0.890. The lowest BCUT2D eigenvalue weighted by Crippen LogP contribution is -2.23. The van der Waals surface area contributed by atoms with Crippen molar-refractivity contribution in [1.82, 2.24) is 9.88 Å². The second-order valence-electron chi connectivity index (χ2n) is 3.81. The molecule has 0 saturated carbocycles. The lowest BCUT2D eigenvalue weighted by Gasteiger charge is -2.17. The van der Waals surface area contributed by atoms with Crippen molar-refractivity contribution >= 4 is 0 Å². The lowest BCUT2D eigenvalue weighted by atomic mass is 10.1. The monoisotopic (exact) mass is 206 g/mol. The molecule has 0 aliphatic carbocycles. The van der Waals surface area contributed by atoms with E-state index in [2.05, 4.69) is 35.9 Å². The van der Waals surface area contributed by atoms with Gasteiger partial charge in [-0.2, -0.15) is 0 Å². The number of aromatic nitrogens is 1. The summed E-state index contributed by atoms with van der Waals surface area (Å²) in [6.45, 7) is 8.00. The molecule has 0 N–H and O–H groups in total. The number of unbranched alkanes of at least 4 members (excludes halogenated alkanes) is 1. The first-order chi connectivity index (χ1) is 7.36. The van der Waals surface area contributed by atoms with E-state index >= 15 is 0 Å². The first kappa shape index (κ1) is 12.2. The number of pyridine rings is 1. The van der Waals surface area contributed by atoms with E-state index in [9.17, 15) is 0 Å². The Bertz CT molecular complexity index is 242. The topological polar surface area (TPSA) is 16.1 Å². The normalized spacial score (nSPS) is 10.9. The highest BCUT2D eigenvalue weighted by molar-refractivity contribution is 5.03. The lowest BCUT2D eigenvalue weighted by molar-refractivity contribution is 0.297. The summed E-state index contributed by atoms with van der Waals surface area (Å²) in [7, 11) is 0. The SMILES string of the molecule is CCN(CC)CCCCc1ccccn1. The number of aryl methyl sites for hydroxylation is 1. The summed E-state index contributed by atoms with van der Waals surface area (Å²) >= 11 is 0.